The minimum atomic E-state index is -3.87. The first-order chi connectivity index (χ1) is 37.6. The van der Waals surface area contributed by atoms with E-state index in [0.29, 0.717) is 91.1 Å². The molecule has 26 heteroatoms. The van der Waals surface area contributed by atoms with Crippen LogP contribution in [0.4, 0.5) is 0 Å². The zero-order chi connectivity index (χ0) is 57.4. The average Bonchev–Trinajstić information content (AvgIpc) is 4.33. The van der Waals surface area contributed by atoms with Crippen molar-refractivity contribution < 1.29 is 35.5 Å². The van der Waals surface area contributed by atoms with Crippen molar-refractivity contribution in [3.8, 4) is 45.0 Å². The van der Waals surface area contributed by atoms with E-state index in [1.54, 1.807) is 72.8 Å². The highest BCUT2D eigenvalue weighted by atomic mass is 32.2. The molecule has 0 aliphatic rings. The average molecular weight is 1120 g/mol. The van der Waals surface area contributed by atoms with Crippen LogP contribution in [-0.2, 0) is 57.1 Å². The molecule has 0 fully saturated rings. The van der Waals surface area contributed by atoms with E-state index in [1.807, 2.05) is 73.2 Å². The van der Waals surface area contributed by atoms with Crippen molar-refractivity contribution in [1.82, 2.24) is 80.4 Å². The number of fused-ring (bicyclic) bond motifs is 2. The molecule has 0 aliphatic heterocycles. The number of nitrogens with one attached hydrogen (secondary N) is 4. The van der Waals surface area contributed by atoms with Gasteiger partial charge in [-0.05, 0) is 73.2 Å². The monoisotopic (exact) mass is 1120 g/mol. The zero-order valence-corrected chi connectivity index (χ0v) is 47.6. The summed E-state index contributed by atoms with van der Waals surface area (Å²) in [5.74, 6) is -0.0349. The van der Waals surface area contributed by atoms with Gasteiger partial charge in [-0.15, -0.1) is 0 Å². The second-order valence-corrected chi connectivity index (χ2v) is 25.9. The molecule has 8 heterocycles. The molecule has 80 heavy (non-hydrogen) atoms. The fourth-order valence-corrected chi connectivity index (χ4v) is 11.3. The Bertz CT molecular complexity index is 4320. The first kappa shape index (κ1) is 54.6. The summed E-state index contributed by atoms with van der Waals surface area (Å²) >= 11 is 0. The molecule has 0 aliphatic carbocycles. The van der Waals surface area contributed by atoms with E-state index in [-0.39, 0.29) is 40.7 Å². The molecule has 4 N–H and O–H groups in total. The lowest BCUT2D eigenvalue weighted by Gasteiger charge is -2.18. The van der Waals surface area contributed by atoms with E-state index in [1.165, 1.54) is 0 Å². The van der Waals surface area contributed by atoms with Gasteiger partial charge < -0.3 is 29.6 Å². The number of benzene rings is 2. The molecule has 8 aromatic heterocycles. The van der Waals surface area contributed by atoms with Crippen LogP contribution in [-0.4, -0.2) is 111 Å². The fourth-order valence-electron chi connectivity index (χ4n) is 9.41. The number of aromatic amines is 2. The number of imidazole rings is 2. The van der Waals surface area contributed by atoms with Crippen LogP contribution < -0.4 is 10.6 Å². The third kappa shape index (κ3) is 10.7. The second-order valence-electron chi connectivity index (χ2n) is 21.9. The van der Waals surface area contributed by atoms with Crippen molar-refractivity contribution in [3.05, 3.63) is 119 Å². The van der Waals surface area contributed by atoms with Crippen molar-refractivity contribution in [3.63, 3.8) is 0 Å². The molecule has 10 rings (SSSR count). The van der Waals surface area contributed by atoms with Crippen LogP contribution >= 0.6 is 0 Å². The SMILES string of the molecule is Cc1nn(C(C)Cc2cnc3[nH]c(-c4cnn(C)c4)nc3c2-c2ccc(CNC(=O)c3nc(C(C)(C)C)no3)c(S(C)(=O)=O)c2)c(C)c1-c1nc2c(-c3ccc(CNC(=O)c4nc(C(C)(C)C)no4)c(S(C)(=O)=O)c3)ccnc2[nH]1. The van der Waals surface area contributed by atoms with Gasteiger partial charge >= 0.3 is 23.6 Å². The molecular formula is C54H58N16O8S2. The van der Waals surface area contributed by atoms with Crippen molar-refractivity contribution in [2.45, 2.75) is 108 Å². The summed E-state index contributed by atoms with van der Waals surface area (Å²) in [7, 11) is -5.87. The quantitative estimate of drug-likeness (QED) is 0.0783. The third-order valence-corrected chi connectivity index (χ3v) is 15.8. The lowest BCUT2D eigenvalue weighted by atomic mass is 9.95. The molecule has 0 saturated carbocycles. The van der Waals surface area contributed by atoms with Gasteiger partial charge in [-0.1, -0.05) is 76.1 Å². The highest BCUT2D eigenvalue weighted by molar-refractivity contribution is 7.91. The predicted octanol–water partition coefficient (Wildman–Crippen LogP) is 7.28. The maximum Gasteiger partial charge on any atom is 0.315 e. The summed E-state index contributed by atoms with van der Waals surface area (Å²) in [5, 5.41) is 22.6. The number of pyridine rings is 2. The molecule has 2 aromatic carbocycles. The first-order valence-corrected chi connectivity index (χ1v) is 29.1. The Morgan fingerprint density at radius 1 is 0.675 bits per heavy atom. The number of hydrogen-bond donors (Lipinski definition) is 4. The number of hydrogen-bond acceptors (Lipinski definition) is 18. The Labute approximate surface area is 459 Å². The Kier molecular flexibility index (Phi) is 13.7. The van der Waals surface area contributed by atoms with E-state index < -0.39 is 42.3 Å². The van der Waals surface area contributed by atoms with Crippen LogP contribution in [0.25, 0.3) is 67.4 Å². The van der Waals surface area contributed by atoms with Crippen LogP contribution in [0.5, 0.6) is 0 Å². The Morgan fingerprint density at radius 3 is 1.77 bits per heavy atom. The topological polar surface area (TPSA) is 323 Å². The third-order valence-electron chi connectivity index (χ3n) is 13.4. The summed E-state index contributed by atoms with van der Waals surface area (Å²) in [5.41, 5.74) is 7.73. The minimum absolute atomic E-state index is 0.000533. The van der Waals surface area contributed by atoms with Gasteiger partial charge in [0.05, 0.1) is 38.9 Å². The fraction of sp³-hybridized carbons (Fsp3) is 0.333. The smallest absolute Gasteiger partial charge is 0.315 e. The van der Waals surface area contributed by atoms with Gasteiger partial charge in [0.2, 0.25) is 0 Å². The number of carbonyl (C=O) groups is 2. The Morgan fingerprint density at radius 2 is 1.23 bits per heavy atom. The van der Waals surface area contributed by atoms with Gasteiger partial charge in [-0.2, -0.15) is 20.2 Å². The highest BCUT2D eigenvalue weighted by Gasteiger charge is 2.29. The summed E-state index contributed by atoms with van der Waals surface area (Å²) in [6, 6.07) is 11.5. The lowest BCUT2D eigenvalue weighted by Crippen LogP contribution is -2.24. The first-order valence-electron chi connectivity index (χ1n) is 25.3. The largest absolute Gasteiger partial charge is 0.344 e. The van der Waals surface area contributed by atoms with Gasteiger partial charge in [-0.3, -0.25) is 19.0 Å². The number of carbonyl (C=O) groups excluding carboxylic acids is 2. The van der Waals surface area contributed by atoms with Crippen molar-refractivity contribution in [1.29, 1.82) is 0 Å². The number of aromatic nitrogens is 14. The van der Waals surface area contributed by atoms with E-state index in [4.69, 9.17) is 29.1 Å². The number of sulfone groups is 2. The maximum atomic E-state index is 13.6. The van der Waals surface area contributed by atoms with E-state index in [0.717, 1.165) is 34.9 Å². The van der Waals surface area contributed by atoms with Gasteiger partial charge in [0.1, 0.15) is 22.7 Å². The van der Waals surface area contributed by atoms with Crippen molar-refractivity contribution >= 4 is 53.8 Å². The molecule has 0 radical (unpaired) electrons. The number of H-pyrrole nitrogens is 2. The predicted molar refractivity (Wildman–Crippen MR) is 295 cm³/mol. The van der Waals surface area contributed by atoms with Gasteiger partial charge in [0.15, 0.2) is 42.6 Å². The number of nitrogens with zero attached hydrogens (tertiary/aromatic N) is 12. The summed E-state index contributed by atoms with van der Waals surface area (Å²) in [4.78, 5) is 60.8. The van der Waals surface area contributed by atoms with Gasteiger partial charge in [0.25, 0.3) is 0 Å². The molecule has 1 atom stereocenters. The number of rotatable bonds is 15. The number of amides is 2. The van der Waals surface area contributed by atoms with Gasteiger partial charge in [0, 0.05) is 78.9 Å². The number of aryl methyl sites for hydroxylation is 2. The summed E-state index contributed by atoms with van der Waals surface area (Å²) in [6.07, 6.45) is 9.46. The minimum Gasteiger partial charge on any atom is -0.344 e. The molecule has 1 unspecified atom stereocenters. The summed E-state index contributed by atoms with van der Waals surface area (Å²) < 4.78 is 67.8. The second kappa shape index (κ2) is 20.1. The molecule has 24 nitrogen and oxygen atoms in total. The lowest BCUT2D eigenvalue weighted by molar-refractivity contribution is 0.0899. The maximum absolute atomic E-state index is 13.6. The van der Waals surface area contributed by atoms with E-state index >= 15 is 0 Å². The van der Waals surface area contributed by atoms with Crippen LogP contribution in [0, 0.1) is 13.8 Å². The highest BCUT2D eigenvalue weighted by Crippen LogP contribution is 2.38. The molecular weight excluding hydrogens is 1060 g/mol. The van der Waals surface area contributed by atoms with Crippen LogP contribution in [0.1, 0.15) is 116 Å². The zero-order valence-electron chi connectivity index (χ0n) is 46.0. The van der Waals surface area contributed by atoms with Crippen molar-refractivity contribution in [2.24, 2.45) is 7.05 Å². The summed E-state index contributed by atoms with van der Waals surface area (Å²) in [6.45, 7) is 16.9. The van der Waals surface area contributed by atoms with Crippen LogP contribution in [0.15, 0.2) is 86.1 Å². The van der Waals surface area contributed by atoms with Crippen molar-refractivity contribution in [2.75, 3.05) is 12.5 Å². The Balaban J connectivity index is 0.961. The molecule has 2 amide bonds. The van der Waals surface area contributed by atoms with Crippen LogP contribution in [0.3, 0.4) is 0 Å². The molecule has 0 saturated heterocycles. The standard InChI is InChI=1S/C54H58N16O8S2/c1-27(19-34-24-56-46-42(61-43(62-46)35-25-59-69(10)26-35)40(34)31-14-16-33(38(21-31)80(12,75)76)23-58-48(72)50-65-52(68-78-50)54(7,8)9)70-29(3)39(28(2)66-70)44-60-41-36(17-18-55-45(41)63-44)30-13-15-32(37(20-30)79(11,73)74)22-57-47(71)49-64-51(67-77-49)53(4,5)6/h13-18,20-21,24-27H,19,22-23H2,1-12H3,(H,57,71)(H,58,72)(H,55,60,63)(H,56,61,62). The van der Waals surface area contributed by atoms with Crippen LogP contribution in [0.2, 0.25) is 0 Å². The molecule has 0 spiro atoms. The molecule has 0 bridgehead atoms. The van der Waals surface area contributed by atoms with E-state index in [9.17, 15) is 26.4 Å². The van der Waals surface area contributed by atoms with Gasteiger partial charge in [-0.25, -0.2) is 36.8 Å². The molecule has 10 aromatic rings. The molecule has 414 valence electrons. The van der Waals surface area contributed by atoms with E-state index in [2.05, 4.69) is 51.0 Å². The Hall–Kier alpha value is -8.78. The normalized spacial score (nSPS) is 12.9.